The van der Waals surface area contributed by atoms with E-state index in [2.05, 4.69) is 10.3 Å². The highest BCUT2D eigenvalue weighted by atomic mass is 16.4. The molecule has 0 fully saturated rings. The van der Waals surface area contributed by atoms with Gasteiger partial charge in [-0.2, -0.15) is 0 Å². The fraction of sp³-hybridized carbons (Fsp3) is 0.455. The molecule has 1 heterocycles. The summed E-state index contributed by atoms with van der Waals surface area (Å²) in [6.07, 6.45) is 3.98. The molecule has 0 aliphatic heterocycles. The number of nitrogens with zero attached hydrogens (tertiary/aromatic N) is 1. The predicted octanol–water partition coefficient (Wildman–Crippen LogP) is 1.60. The smallest absolute Gasteiger partial charge is 0.320 e. The molecule has 15 heavy (non-hydrogen) atoms. The molecule has 2 N–H and O–H groups in total. The standard InChI is InChI=1S/C11H16N2O2/c1-3-10(11(14)15)13-8(2)9-4-6-12-7-5-9/h4-8,10,13H,3H2,1-2H3,(H,14,15). The number of pyridine rings is 1. The predicted molar refractivity (Wildman–Crippen MR) is 57.5 cm³/mol. The van der Waals surface area contributed by atoms with Crippen LogP contribution in [0.2, 0.25) is 0 Å². The molecule has 4 heteroatoms. The Kier molecular flexibility index (Phi) is 4.24. The van der Waals surface area contributed by atoms with Crippen molar-refractivity contribution in [2.45, 2.75) is 32.4 Å². The van der Waals surface area contributed by atoms with Crippen LogP contribution in [0.5, 0.6) is 0 Å². The van der Waals surface area contributed by atoms with Gasteiger partial charge in [0.2, 0.25) is 0 Å². The van der Waals surface area contributed by atoms with Crippen LogP contribution in [0.15, 0.2) is 24.5 Å². The molecule has 0 aliphatic rings. The van der Waals surface area contributed by atoms with E-state index < -0.39 is 12.0 Å². The number of carboxylic acid groups (broad SMARTS) is 1. The number of aromatic nitrogens is 1. The van der Waals surface area contributed by atoms with E-state index in [4.69, 9.17) is 5.11 Å². The number of carbonyl (C=O) groups is 1. The Morgan fingerprint density at radius 2 is 2.13 bits per heavy atom. The summed E-state index contributed by atoms with van der Waals surface area (Å²) >= 11 is 0. The lowest BCUT2D eigenvalue weighted by Crippen LogP contribution is -2.37. The average molecular weight is 208 g/mol. The molecule has 1 rings (SSSR count). The molecule has 0 amide bonds. The van der Waals surface area contributed by atoms with E-state index in [1.165, 1.54) is 0 Å². The Morgan fingerprint density at radius 3 is 2.60 bits per heavy atom. The summed E-state index contributed by atoms with van der Waals surface area (Å²) in [6, 6.07) is 3.29. The van der Waals surface area contributed by atoms with Gasteiger partial charge in [-0.05, 0) is 31.0 Å². The minimum absolute atomic E-state index is 0.0223. The molecule has 2 atom stereocenters. The molecule has 2 unspecified atom stereocenters. The van der Waals surface area contributed by atoms with Crippen molar-refractivity contribution in [2.75, 3.05) is 0 Å². The van der Waals surface area contributed by atoms with Gasteiger partial charge in [0.05, 0.1) is 0 Å². The van der Waals surface area contributed by atoms with Crippen molar-refractivity contribution in [3.05, 3.63) is 30.1 Å². The van der Waals surface area contributed by atoms with Crippen LogP contribution in [0.25, 0.3) is 0 Å². The molecule has 0 spiro atoms. The van der Waals surface area contributed by atoms with Crippen LogP contribution in [0, 0.1) is 0 Å². The molecular formula is C11H16N2O2. The number of carboxylic acids is 1. The fourth-order valence-electron chi connectivity index (χ4n) is 1.41. The lowest BCUT2D eigenvalue weighted by atomic mass is 10.1. The number of hydrogen-bond donors (Lipinski definition) is 2. The molecule has 0 aliphatic carbocycles. The second kappa shape index (κ2) is 5.46. The van der Waals surface area contributed by atoms with Crippen molar-refractivity contribution in [2.24, 2.45) is 0 Å². The van der Waals surface area contributed by atoms with Crippen molar-refractivity contribution in [3.8, 4) is 0 Å². The van der Waals surface area contributed by atoms with Crippen LogP contribution in [0.1, 0.15) is 31.9 Å². The van der Waals surface area contributed by atoms with Gasteiger partial charge in [-0.1, -0.05) is 6.92 Å². The van der Waals surface area contributed by atoms with Crippen LogP contribution in [-0.2, 0) is 4.79 Å². The summed E-state index contributed by atoms with van der Waals surface area (Å²) in [5.41, 5.74) is 1.05. The summed E-state index contributed by atoms with van der Waals surface area (Å²) in [6.45, 7) is 3.80. The lowest BCUT2D eigenvalue weighted by Gasteiger charge is -2.19. The Morgan fingerprint density at radius 1 is 1.53 bits per heavy atom. The molecule has 1 aromatic rings. The Hall–Kier alpha value is -1.42. The molecule has 0 saturated carbocycles. The molecule has 1 aromatic heterocycles. The zero-order valence-corrected chi connectivity index (χ0v) is 8.97. The summed E-state index contributed by atoms with van der Waals surface area (Å²) in [7, 11) is 0. The van der Waals surface area contributed by atoms with E-state index >= 15 is 0 Å². The highest BCUT2D eigenvalue weighted by Gasteiger charge is 2.17. The Bertz CT molecular complexity index is 314. The van der Waals surface area contributed by atoms with Gasteiger partial charge in [-0.25, -0.2) is 0 Å². The minimum atomic E-state index is -0.807. The highest BCUT2D eigenvalue weighted by Crippen LogP contribution is 2.11. The van der Waals surface area contributed by atoms with Crippen molar-refractivity contribution in [1.82, 2.24) is 10.3 Å². The first kappa shape index (κ1) is 11.7. The van der Waals surface area contributed by atoms with Gasteiger partial charge in [0.25, 0.3) is 0 Å². The first-order chi connectivity index (χ1) is 7.15. The van der Waals surface area contributed by atoms with Crippen LogP contribution < -0.4 is 5.32 Å². The van der Waals surface area contributed by atoms with Crippen molar-refractivity contribution in [1.29, 1.82) is 0 Å². The number of hydrogen-bond acceptors (Lipinski definition) is 3. The molecule has 0 aromatic carbocycles. The van der Waals surface area contributed by atoms with Crippen LogP contribution >= 0.6 is 0 Å². The lowest BCUT2D eigenvalue weighted by molar-refractivity contribution is -0.139. The maximum atomic E-state index is 10.8. The largest absolute Gasteiger partial charge is 0.480 e. The maximum Gasteiger partial charge on any atom is 0.320 e. The molecule has 0 saturated heterocycles. The third-order valence-corrected chi connectivity index (χ3v) is 2.36. The third-order valence-electron chi connectivity index (χ3n) is 2.36. The number of rotatable bonds is 5. The molecule has 82 valence electrons. The fourth-order valence-corrected chi connectivity index (χ4v) is 1.41. The summed E-state index contributed by atoms with van der Waals surface area (Å²) in [4.78, 5) is 14.7. The van der Waals surface area contributed by atoms with Crippen LogP contribution in [-0.4, -0.2) is 22.1 Å². The van der Waals surface area contributed by atoms with Crippen molar-refractivity contribution < 1.29 is 9.90 Å². The van der Waals surface area contributed by atoms with E-state index in [9.17, 15) is 4.79 Å². The van der Waals surface area contributed by atoms with Gasteiger partial charge in [0.1, 0.15) is 6.04 Å². The van der Waals surface area contributed by atoms with Crippen LogP contribution in [0.4, 0.5) is 0 Å². The first-order valence-corrected chi connectivity index (χ1v) is 5.04. The maximum absolute atomic E-state index is 10.8. The first-order valence-electron chi connectivity index (χ1n) is 5.04. The van der Waals surface area contributed by atoms with Crippen LogP contribution in [0.3, 0.4) is 0 Å². The van der Waals surface area contributed by atoms with E-state index in [0.717, 1.165) is 5.56 Å². The SMILES string of the molecule is CCC(NC(C)c1ccncc1)C(=O)O. The zero-order valence-electron chi connectivity index (χ0n) is 8.97. The summed E-state index contributed by atoms with van der Waals surface area (Å²) in [5, 5.41) is 11.9. The topological polar surface area (TPSA) is 62.2 Å². The minimum Gasteiger partial charge on any atom is -0.480 e. The van der Waals surface area contributed by atoms with Crippen molar-refractivity contribution in [3.63, 3.8) is 0 Å². The number of nitrogens with one attached hydrogen (secondary N) is 1. The van der Waals surface area contributed by atoms with E-state index in [1.54, 1.807) is 12.4 Å². The molecule has 0 radical (unpaired) electrons. The molecular weight excluding hydrogens is 192 g/mol. The third kappa shape index (κ3) is 3.32. The average Bonchev–Trinajstić information content (AvgIpc) is 2.26. The van der Waals surface area contributed by atoms with E-state index in [0.29, 0.717) is 6.42 Å². The van der Waals surface area contributed by atoms with Gasteiger partial charge in [0, 0.05) is 18.4 Å². The zero-order chi connectivity index (χ0) is 11.3. The van der Waals surface area contributed by atoms with Gasteiger partial charge in [0.15, 0.2) is 0 Å². The second-order valence-corrected chi connectivity index (χ2v) is 3.47. The summed E-state index contributed by atoms with van der Waals surface area (Å²) < 4.78 is 0. The van der Waals surface area contributed by atoms with Gasteiger partial charge >= 0.3 is 5.97 Å². The van der Waals surface area contributed by atoms with Crippen molar-refractivity contribution >= 4 is 5.97 Å². The molecule has 4 nitrogen and oxygen atoms in total. The van der Waals surface area contributed by atoms with E-state index in [1.807, 2.05) is 26.0 Å². The molecule has 0 bridgehead atoms. The van der Waals surface area contributed by atoms with E-state index in [-0.39, 0.29) is 6.04 Å². The van der Waals surface area contributed by atoms with Gasteiger partial charge in [-0.3, -0.25) is 15.1 Å². The van der Waals surface area contributed by atoms with Gasteiger partial charge in [-0.15, -0.1) is 0 Å². The second-order valence-electron chi connectivity index (χ2n) is 3.47. The van der Waals surface area contributed by atoms with Gasteiger partial charge < -0.3 is 5.11 Å². The Balaban J connectivity index is 2.62. The monoisotopic (exact) mass is 208 g/mol. The quantitative estimate of drug-likeness (QED) is 0.771. The normalized spacial score (nSPS) is 14.5. The summed E-state index contributed by atoms with van der Waals surface area (Å²) in [5.74, 6) is -0.807. The Labute approximate surface area is 89.3 Å². The highest BCUT2D eigenvalue weighted by molar-refractivity contribution is 5.73. The number of aliphatic carboxylic acids is 1.